The molecule has 0 spiro atoms. The topological polar surface area (TPSA) is 71.3 Å². The average Bonchev–Trinajstić information content (AvgIpc) is 3.14. The Morgan fingerprint density at radius 1 is 0.821 bits per heavy atom. The van der Waals surface area contributed by atoms with E-state index >= 15 is 0 Å². The number of benzene rings is 2. The molecule has 0 aliphatic heterocycles. The molecule has 0 bridgehead atoms. The predicted octanol–water partition coefficient (Wildman–Crippen LogP) is 3.82. The number of hydrogen-bond donors (Lipinski definition) is 0. The van der Waals surface area contributed by atoms with Crippen LogP contribution in [0.3, 0.4) is 0 Å². The van der Waals surface area contributed by atoms with Crippen LogP contribution in [0.5, 0.6) is 17.2 Å². The molecule has 0 saturated carbocycles. The largest absolute Gasteiger partial charge is 0.497 e. The Morgan fingerprint density at radius 3 is 2.25 bits per heavy atom. The smallest absolute Gasteiger partial charge is 0.168 e. The van der Waals surface area contributed by atoms with Gasteiger partial charge in [-0.05, 0) is 43.3 Å². The van der Waals surface area contributed by atoms with Crippen molar-refractivity contribution >= 4 is 11.2 Å². The average molecular weight is 376 g/mol. The molecule has 0 fully saturated rings. The van der Waals surface area contributed by atoms with Crippen LogP contribution < -0.4 is 14.2 Å². The van der Waals surface area contributed by atoms with Gasteiger partial charge in [0.15, 0.2) is 17.1 Å². The van der Waals surface area contributed by atoms with E-state index in [1.165, 1.54) is 0 Å². The molecule has 0 aliphatic rings. The molecule has 2 aromatic heterocycles. The SMILES string of the molecule is COc1ccc(-c2nc3c(C)ncnc3n2-c2ccc(OC)c(OC)c2)cc1. The molecule has 0 atom stereocenters. The fraction of sp³-hybridized carbons (Fsp3) is 0.190. The lowest BCUT2D eigenvalue weighted by Crippen LogP contribution is -2.00. The van der Waals surface area contributed by atoms with Gasteiger partial charge in [0.2, 0.25) is 0 Å². The first-order valence-corrected chi connectivity index (χ1v) is 8.73. The van der Waals surface area contributed by atoms with Crippen LogP contribution in [-0.4, -0.2) is 40.8 Å². The Morgan fingerprint density at radius 2 is 1.57 bits per heavy atom. The van der Waals surface area contributed by atoms with Gasteiger partial charge in [0.05, 0.1) is 32.7 Å². The fourth-order valence-corrected chi connectivity index (χ4v) is 3.15. The second-order valence-electron chi connectivity index (χ2n) is 6.17. The van der Waals surface area contributed by atoms with Crippen molar-refractivity contribution in [1.82, 2.24) is 19.5 Å². The van der Waals surface area contributed by atoms with Crippen LogP contribution in [-0.2, 0) is 0 Å². The summed E-state index contributed by atoms with van der Waals surface area (Å²) in [5.74, 6) is 2.84. The van der Waals surface area contributed by atoms with Crippen molar-refractivity contribution in [3.8, 4) is 34.3 Å². The molecule has 7 heteroatoms. The molecule has 0 radical (unpaired) electrons. The minimum absolute atomic E-state index is 0.633. The Hall–Kier alpha value is -3.61. The summed E-state index contributed by atoms with van der Waals surface area (Å²) in [6, 6.07) is 13.5. The van der Waals surface area contributed by atoms with Crippen LogP contribution in [0.25, 0.3) is 28.2 Å². The molecule has 7 nitrogen and oxygen atoms in total. The molecule has 142 valence electrons. The van der Waals surface area contributed by atoms with Crippen molar-refractivity contribution in [1.29, 1.82) is 0 Å². The molecule has 4 rings (SSSR count). The molecular formula is C21H20N4O3. The van der Waals surface area contributed by atoms with Crippen molar-refractivity contribution < 1.29 is 14.2 Å². The third-order valence-corrected chi connectivity index (χ3v) is 4.60. The molecule has 0 amide bonds. The Bertz CT molecular complexity index is 1140. The first kappa shape index (κ1) is 17.8. The van der Waals surface area contributed by atoms with Gasteiger partial charge in [0, 0.05) is 11.6 Å². The highest BCUT2D eigenvalue weighted by Crippen LogP contribution is 2.34. The van der Waals surface area contributed by atoms with E-state index in [9.17, 15) is 0 Å². The molecule has 0 N–H and O–H groups in total. The highest BCUT2D eigenvalue weighted by molar-refractivity contribution is 5.81. The summed E-state index contributed by atoms with van der Waals surface area (Å²) < 4.78 is 18.1. The molecule has 2 aromatic carbocycles. The molecule has 4 aromatic rings. The number of ether oxygens (including phenoxy) is 3. The summed E-state index contributed by atoms with van der Waals surface area (Å²) in [4.78, 5) is 13.6. The van der Waals surface area contributed by atoms with E-state index in [0.717, 1.165) is 39.7 Å². The second kappa shape index (κ2) is 7.19. The first-order valence-electron chi connectivity index (χ1n) is 8.73. The lowest BCUT2D eigenvalue weighted by Gasteiger charge is -2.13. The van der Waals surface area contributed by atoms with Gasteiger partial charge in [-0.25, -0.2) is 15.0 Å². The van der Waals surface area contributed by atoms with Crippen LogP contribution in [0.4, 0.5) is 0 Å². The number of imidazole rings is 1. The maximum Gasteiger partial charge on any atom is 0.168 e. The summed E-state index contributed by atoms with van der Waals surface area (Å²) in [6.07, 6.45) is 1.55. The quantitative estimate of drug-likeness (QED) is 0.527. The van der Waals surface area contributed by atoms with E-state index in [2.05, 4.69) is 9.97 Å². The normalized spacial score (nSPS) is 10.9. The lowest BCUT2D eigenvalue weighted by atomic mass is 10.2. The van der Waals surface area contributed by atoms with Gasteiger partial charge in [-0.2, -0.15) is 0 Å². The summed E-state index contributed by atoms with van der Waals surface area (Å²) in [5, 5.41) is 0. The molecule has 0 unspecified atom stereocenters. The van der Waals surface area contributed by atoms with Gasteiger partial charge in [-0.3, -0.25) is 4.57 Å². The zero-order valence-corrected chi connectivity index (χ0v) is 16.1. The third-order valence-electron chi connectivity index (χ3n) is 4.60. The molecule has 0 aliphatic carbocycles. The predicted molar refractivity (Wildman–Crippen MR) is 106 cm³/mol. The third kappa shape index (κ3) is 2.90. The number of nitrogens with zero attached hydrogens (tertiary/aromatic N) is 4. The van der Waals surface area contributed by atoms with Gasteiger partial charge in [0.1, 0.15) is 23.4 Å². The van der Waals surface area contributed by atoms with E-state index in [4.69, 9.17) is 19.2 Å². The fourth-order valence-electron chi connectivity index (χ4n) is 3.15. The van der Waals surface area contributed by atoms with Crippen molar-refractivity contribution in [2.45, 2.75) is 6.92 Å². The van der Waals surface area contributed by atoms with Crippen LogP contribution >= 0.6 is 0 Å². The monoisotopic (exact) mass is 376 g/mol. The van der Waals surface area contributed by atoms with Gasteiger partial charge in [-0.15, -0.1) is 0 Å². The minimum atomic E-state index is 0.633. The molecular weight excluding hydrogens is 356 g/mol. The zero-order valence-electron chi connectivity index (χ0n) is 16.1. The second-order valence-corrected chi connectivity index (χ2v) is 6.17. The van der Waals surface area contributed by atoms with Crippen LogP contribution in [0.15, 0.2) is 48.8 Å². The van der Waals surface area contributed by atoms with E-state index in [-0.39, 0.29) is 0 Å². The first-order chi connectivity index (χ1) is 13.7. The van der Waals surface area contributed by atoms with Crippen molar-refractivity contribution in [3.63, 3.8) is 0 Å². The molecule has 28 heavy (non-hydrogen) atoms. The lowest BCUT2D eigenvalue weighted by molar-refractivity contribution is 0.355. The highest BCUT2D eigenvalue weighted by atomic mass is 16.5. The Balaban J connectivity index is 1.99. The summed E-state index contributed by atoms with van der Waals surface area (Å²) in [6.45, 7) is 1.92. The molecule has 2 heterocycles. The summed E-state index contributed by atoms with van der Waals surface area (Å²) in [7, 11) is 4.88. The Kier molecular flexibility index (Phi) is 4.57. The van der Waals surface area contributed by atoms with E-state index in [1.807, 2.05) is 54.0 Å². The standard InChI is InChI=1S/C21H20N4O3/c1-13-19-21(23-12-22-13)25(15-7-10-17(27-3)18(11-15)28-4)20(24-19)14-5-8-16(26-2)9-6-14/h5-12H,1-4H3. The van der Waals surface area contributed by atoms with E-state index < -0.39 is 0 Å². The van der Waals surface area contributed by atoms with Gasteiger partial charge in [0.25, 0.3) is 0 Å². The maximum absolute atomic E-state index is 5.48. The number of aromatic nitrogens is 4. The Labute approximate surface area is 162 Å². The van der Waals surface area contributed by atoms with E-state index in [0.29, 0.717) is 11.5 Å². The van der Waals surface area contributed by atoms with Gasteiger partial charge < -0.3 is 14.2 Å². The number of aryl methyl sites for hydroxylation is 1. The minimum Gasteiger partial charge on any atom is -0.497 e. The van der Waals surface area contributed by atoms with Crippen LogP contribution in [0, 0.1) is 6.92 Å². The van der Waals surface area contributed by atoms with Crippen molar-refractivity contribution in [2.24, 2.45) is 0 Å². The maximum atomic E-state index is 5.48. The molecule has 0 saturated heterocycles. The van der Waals surface area contributed by atoms with Crippen molar-refractivity contribution in [3.05, 3.63) is 54.5 Å². The van der Waals surface area contributed by atoms with Gasteiger partial charge in [-0.1, -0.05) is 0 Å². The van der Waals surface area contributed by atoms with Crippen molar-refractivity contribution in [2.75, 3.05) is 21.3 Å². The number of hydrogen-bond acceptors (Lipinski definition) is 6. The summed E-state index contributed by atoms with van der Waals surface area (Å²) >= 11 is 0. The van der Waals surface area contributed by atoms with Crippen LogP contribution in [0.1, 0.15) is 5.69 Å². The number of rotatable bonds is 5. The highest BCUT2D eigenvalue weighted by Gasteiger charge is 2.18. The number of methoxy groups -OCH3 is 3. The summed E-state index contributed by atoms with van der Waals surface area (Å²) in [5.41, 5.74) is 4.10. The van der Waals surface area contributed by atoms with Crippen LogP contribution in [0.2, 0.25) is 0 Å². The number of fused-ring (bicyclic) bond motifs is 1. The van der Waals surface area contributed by atoms with Gasteiger partial charge >= 0.3 is 0 Å². The van der Waals surface area contributed by atoms with E-state index in [1.54, 1.807) is 27.7 Å². The zero-order chi connectivity index (χ0) is 19.7.